The number of carbonyl (C=O) groups excluding carboxylic acids is 4. The molecule has 1 aliphatic rings. The number of hydrogen-bond acceptors (Lipinski definition) is 5. The molecule has 0 saturated heterocycles. The summed E-state index contributed by atoms with van der Waals surface area (Å²) in [5.41, 5.74) is 9.83. The number of rotatable bonds is 10. The van der Waals surface area contributed by atoms with Gasteiger partial charge in [0, 0.05) is 18.2 Å². The lowest BCUT2D eigenvalue weighted by atomic mass is 9.97. The lowest BCUT2D eigenvalue weighted by Gasteiger charge is -2.35. The van der Waals surface area contributed by atoms with Gasteiger partial charge in [-0.25, -0.2) is 4.79 Å². The second kappa shape index (κ2) is 12.5. The van der Waals surface area contributed by atoms with Gasteiger partial charge in [0.1, 0.15) is 17.7 Å². The van der Waals surface area contributed by atoms with E-state index in [1.807, 2.05) is 64.1 Å². The summed E-state index contributed by atoms with van der Waals surface area (Å²) in [6.07, 6.45) is 0.522. The molecule has 0 aromatic heterocycles. The summed E-state index contributed by atoms with van der Waals surface area (Å²) in [5.74, 6) is -1.42. The van der Waals surface area contributed by atoms with Crippen molar-refractivity contribution in [3.63, 3.8) is 0 Å². The Morgan fingerprint density at radius 3 is 2.12 bits per heavy atom. The Morgan fingerprint density at radius 1 is 0.975 bits per heavy atom. The van der Waals surface area contributed by atoms with Crippen LogP contribution in [0, 0.1) is 27.7 Å². The second-order valence-electron chi connectivity index (χ2n) is 11.7. The van der Waals surface area contributed by atoms with Gasteiger partial charge >= 0.3 is 6.09 Å². The van der Waals surface area contributed by atoms with Crippen molar-refractivity contribution in [1.82, 2.24) is 10.2 Å². The molecule has 2 unspecified atom stereocenters. The molecule has 0 heterocycles. The van der Waals surface area contributed by atoms with Crippen LogP contribution in [0.1, 0.15) is 80.3 Å². The standard InChI is InChI=1S/C31H42N4O5/c1-18-11-12-22(17-21(18)4)27(28(37)34-26-19(2)9-8-10-20(26)3)35(23-13-14-23)29(38)24(15-16-25(32)36)33-30(39)40-31(5,6)7/h8-12,17,23-24,27H,13-16H2,1-7H3,(H2,32,36)(H,33,39)(H,34,37). The van der Waals surface area contributed by atoms with Gasteiger partial charge in [0.2, 0.25) is 11.8 Å². The first-order valence-electron chi connectivity index (χ1n) is 13.7. The molecule has 9 nitrogen and oxygen atoms in total. The Morgan fingerprint density at radius 2 is 1.60 bits per heavy atom. The smallest absolute Gasteiger partial charge is 0.408 e. The third-order valence-electron chi connectivity index (χ3n) is 6.97. The molecule has 4 N–H and O–H groups in total. The van der Waals surface area contributed by atoms with E-state index in [0.717, 1.165) is 35.1 Å². The van der Waals surface area contributed by atoms with E-state index in [4.69, 9.17) is 10.5 Å². The molecule has 1 fully saturated rings. The van der Waals surface area contributed by atoms with Gasteiger partial charge in [0.15, 0.2) is 0 Å². The van der Waals surface area contributed by atoms with Gasteiger partial charge in [0.25, 0.3) is 5.91 Å². The Labute approximate surface area is 236 Å². The molecular weight excluding hydrogens is 508 g/mol. The summed E-state index contributed by atoms with van der Waals surface area (Å²) < 4.78 is 5.39. The minimum Gasteiger partial charge on any atom is -0.444 e. The largest absolute Gasteiger partial charge is 0.444 e. The van der Waals surface area contributed by atoms with Gasteiger partial charge in [-0.3, -0.25) is 14.4 Å². The van der Waals surface area contributed by atoms with Crippen LogP contribution in [0.4, 0.5) is 10.5 Å². The van der Waals surface area contributed by atoms with Gasteiger partial charge in [0.05, 0.1) is 0 Å². The molecule has 0 spiro atoms. The van der Waals surface area contributed by atoms with Crippen molar-refractivity contribution >= 4 is 29.5 Å². The number of nitrogens with zero attached hydrogens (tertiary/aromatic N) is 1. The van der Waals surface area contributed by atoms with Crippen LogP contribution in [-0.4, -0.2) is 46.4 Å². The number of hydrogen-bond donors (Lipinski definition) is 3. The van der Waals surface area contributed by atoms with Crippen LogP contribution in [0.2, 0.25) is 0 Å². The van der Waals surface area contributed by atoms with E-state index in [1.54, 1.807) is 25.7 Å². The molecule has 9 heteroatoms. The van der Waals surface area contributed by atoms with E-state index < -0.39 is 35.6 Å². The number of ether oxygens (including phenoxy) is 1. The Balaban J connectivity index is 2.05. The van der Waals surface area contributed by atoms with Crippen molar-refractivity contribution in [2.24, 2.45) is 5.73 Å². The summed E-state index contributed by atoms with van der Waals surface area (Å²) in [7, 11) is 0. The molecule has 3 rings (SSSR count). The summed E-state index contributed by atoms with van der Waals surface area (Å²) >= 11 is 0. The summed E-state index contributed by atoms with van der Waals surface area (Å²) in [5, 5.41) is 5.70. The molecule has 0 radical (unpaired) electrons. The highest BCUT2D eigenvalue weighted by Crippen LogP contribution is 2.37. The molecule has 0 bridgehead atoms. The molecule has 40 heavy (non-hydrogen) atoms. The number of primary amides is 1. The first-order valence-corrected chi connectivity index (χ1v) is 13.7. The van der Waals surface area contributed by atoms with Crippen molar-refractivity contribution in [2.75, 3.05) is 5.32 Å². The SMILES string of the molecule is Cc1ccc(C(C(=O)Nc2c(C)cccc2C)N(C(=O)C(CCC(N)=O)NC(=O)OC(C)(C)C)C2CC2)cc1C. The minimum atomic E-state index is -1.11. The van der Waals surface area contributed by atoms with E-state index in [2.05, 4.69) is 10.6 Å². The molecule has 216 valence electrons. The maximum absolute atomic E-state index is 14.2. The Bertz CT molecular complexity index is 1260. The lowest BCUT2D eigenvalue weighted by Crippen LogP contribution is -2.53. The average Bonchev–Trinajstić information content (AvgIpc) is 3.68. The number of nitrogens with one attached hydrogen (secondary N) is 2. The van der Waals surface area contributed by atoms with Gasteiger partial charge in [-0.15, -0.1) is 0 Å². The topological polar surface area (TPSA) is 131 Å². The summed E-state index contributed by atoms with van der Waals surface area (Å²) in [4.78, 5) is 54.2. The van der Waals surface area contributed by atoms with Crippen molar-refractivity contribution in [3.05, 3.63) is 64.2 Å². The maximum atomic E-state index is 14.2. The van der Waals surface area contributed by atoms with Gasteiger partial charge < -0.3 is 26.0 Å². The average molecular weight is 551 g/mol. The number of alkyl carbamates (subject to hydrolysis) is 1. The number of carbonyl (C=O) groups is 4. The predicted octanol–water partition coefficient (Wildman–Crippen LogP) is 4.75. The van der Waals surface area contributed by atoms with E-state index in [0.29, 0.717) is 11.3 Å². The van der Waals surface area contributed by atoms with Crippen molar-refractivity contribution in [3.8, 4) is 0 Å². The first-order chi connectivity index (χ1) is 18.7. The number of benzene rings is 2. The summed E-state index contributed by atoms with van der Waals surface area (Å²) in [6.45, 7) is 12.9. The zero-order valence-electron chi connectivity index (χ0n) is 24.6. The molecule has 1 saturated carbocycles. The fraction of sp³-hybridized carbons (Fsp3) is 0.484. The zero-order valence-corrected chi connectivity index (χ0v) is 24.6. The van der Waals surface area contributed by atoms with Crippen LogP contribution in [0.3, 0.4) is 0 Å². The van der Waals surface area contributed by atoms with Crippen LogP contribution in [0.5, 0.6) is 0 Å². The molecule has 2 atom stereocenters. The maximum Gasteiger partial charge on any atom is 0.408 e. The lowest BCUT2D eigenvalue weighted by molar-refractivity contribution is -0.141. The minimum absolute atomic E-state index is 0.0191. The quantitative estimate of drug-likeness (QED) is 0.393. The number of anilines is 1. The van der Waals surface area contributed by atoms with E-state index in [9.17, 15) is 19.2 Å². The van der Waals surface area contributed by atoms with E-state index in [1.165, 1.54) is 0 Å². The fourth-order valence-electron chi connectivity index (χ4n) is 4.62. The van der Waals surface area contributed by atoms with Gasteiger partial charge in [-0.2, -0.15) is 0 Å². The van der Waals surface area contributed by atoms with Gasteiger partial charge in [-0.05, 0) is 95.5 Å². The molecule has 4 amide bonds. The van der Waals surface area contributed by atoms with Crippen molar-refractivity contribution in [2.45, 2.75) is 97.9 Å². The zero-order chi connectivity index (χ0) is 29.8. The molecule has 0 aliphatic heterocycles. The fourth-order valence-corrected chi connectivity index (χ4v) is 4.62. The van der Waals surface area contributed by atoms with E-state index >= 15 is 0 Å². The third kappa shape index (κ3) is 8.07. The molecule has 1 aliphatic carbocycles. The van der Waals surface area contributed by atoms with Crippen molar-refractivity contribution in [1.29, 1.82) is 0 Å². The third-order valence-corrected chi connectivity index (χ3v) is 6.97. The number of amides is 4. The van der Waals surface area contributed by atoms with E-state index in [-0.39, 0.29) is 24.8 Å². The summed E-state index contributed by atoms with van der Waals surface area (Å²) in [6, 6.07) is 9.21. The number of nitrogens with two attached hydrogens (primary N) is 1. The van der Waals surface area contributed by atoms with Crippen LogP contribution in [0.15, 0.2) is 36.4 Å². The highest BCUT2D eigenvalue weighted by Gasteiger charge is 2.44. The van der Waals surface area contributed by atoms with Crippen LogP contribution < -0.4 is 16.4 Å². The van der Waals surface area contributed by atoms with Crippen LogP contribution in [0.25, 0.3) is 0 Å². The highest BCUT2D eigenvalue weighted by molar-refractivity contribution is 6.00. The Kier molecular flexibility index (Phi) is 9.60. The Hall–Kier alpha value is -3.88. The van der Waals surface area contributed by atoms with Crippen LogP contribution in [-0.2, 0) is 19.1 Å². The number of para-hydroxylation sites is 1. The second-order valence-corrected chi connectivity index (χ2v) is 11.7. The molecule has 2 aromatic carbocycles. The number of aryl methyl sites for hydroxylation is 4. The van der Waals surface area contributed by atoms with Crippen LogP contribution >= 0.6 is 0 Å². The molecule has 2 aromatic rings. The monoisotopic (exact) mass is 550 g/mol. The first kappa shape index (κ1) is 30.7. The molecular formula is C31H42N4O5. The highest BCUT2D eigenvalue weighted by atomic mass is 16.6. The normalized spacial score (nSPS) is 14.6. The van der Waals surface area contributed by atoms with Crippen molar-refractivity contribution < 1.29 is 23.9 Å². The van der Waals surface area contributed by atoms with Gasteiger partial charge in [-0.1, -0.05) is 36.4 Å². The predicted molar refractivity (Wildman–Crippen MR) is 155 cm³/mol.